The van der Waals surface area contributed by atoms with Crippen molar-refractivity contribution in [3.8, 4) is 0 Å². The first-order valence-corrected chi connectivity index (χ1v) is 9.92. The molecule has 7 heteroatoms. The lowest BCUT2D eigenvalue weighted by atomic mass is 10.1. The van der Waals surface area contributed by atoms with Gasteiger partial charge in [-0.3, -0.25) is 14.9 Å². The lowest BCUT2D eigenvalue weighted by Gasteiger charge is -2.16. The lowest BCUT2D eigenvalue weighted by molar-refractivity contribution is -0.384. The number of carbonyl (C=O) groups excluding carboxylic acids is 1. The second-order valence-electron chi connectivity index (χ2n) is 6.49. The summed E-state index contributed by atoms with van der Waals surface area (Å²) in [4.78, 5) is 24.2. The number of non-ortho nitro benzene ring substituents is 1. The number of hydrogen-bond acceptors (Lipinski definition) is 5. The Morgan fingerprint density at radius 2 is 2.15 bits per heavy atom. The van der Waals surface area contributed by atoms with Crippen LogP contribution in [0.1, 0.15) is 41.7 Å². The van der Waals surface area contributed by atoms with Crippen molar-refractivity contribution in [1.82, 2.24) is 5.32 Å². The van der Waals surface area contributed by atoms with E-state index >= 15 is 0 Å². The molecule has 27 heavy (non-hydrogen) atoms. The molecule has 1 aliphatic heterocycles. The number of rotatable bonds is 7. The van der Waals surface area contributed by atoms with E-state index in [1.54, 1.807) is 30.0 Å². The van der Waals surface area contributed by atoms with Crippen LogP contribution in [0.2, 0.25) is 0 Å². The molecule has 0 radical (unpaired) electrons. The summed E-state index contributed by atoms with van der Waals surface area (Å²) in [5.41, 5.74) is 1.32. The minimum atomic E-state index is -0.435. The molecule has 3 rings (SSSR count). The average molecular weight is 386 g/mol. The molecule has 1 amide bonds. The zero-order valence-electron chi connectivity index (χ0n) is 15.1. The normalized spacial score (nSPS) is 17.4. The molecule has 0 aromatic heterocycles. The van der Waals surface area contributed by atoms with Gasteiger partial charge in [0, 0.05) is 29.4 Å². The summed E-state index contributed by atoms with van der Waals surface area (Å²) < 4.78 is 5.65. The van der Waals surface area contributed by atoms with Crippen LogP contribution in [0.3, 0.4) is 0 Å². The van der Waals surface area contributed by atoms with Crippen LogP contribution >= 0.6 is 11.8 Å². The quantitative estimate of drug-likeness (QED) is 0.434. The Balaban J connectivity index is 1.68. The summed E-state index contributed by atoms with van der Waals surface area (Å²) in [5.74, 6) is 0.634. The lowest BCUT2D eigenvalue weighted by Crippen LogP contribution is -2.27. The maximum atomic E-state index is 12.8. The Kier molecular flexibility index (Phi) is 6.47. The van der Waals surface area contributed by atoms with Gasteiger partial charge in [-0.2, -0.15) is 0 Å². The van der Waals surface area contributed by atoms with Crippen LogP contribution < -0.4 is 5.32 Å². The van der Waals surface area contributed by atoms with Crippen LogP contribution in [-0.2, 0) is 4.74 Å². The van der Waals surface area contributed by atoms with E-state index in [4.69, 9.17) is 4.74 Å². The van der Waals surface area contributed by atoms with Crippen LogP contribution in [0.4, 0.5) is 5.69 Å². The van der Waals surface area contributed by atoms with Crippen LogP contribution in [-0.4, -0.2) is 29.3 Å². The number of nitro groups is 1. The Morgan fingerprint density at radius 3 is 2.89 bits per heavy atom. The molecule has 2 atom stereocenters. The average Bonchev–Trinajstić information content (AvgIpc) is 3.20. The number of nitrogens with one attached hydrogen (secondary N) is 1. The highest BCUT2D eigenvalue weighted by atomic mass is 32.2. The largest absolute Gasteiger partial charge is 0.377 e. The van der Waals surface area contributed by atoms with E-state index in [0.717, 1.165) is 30.1 Å². The predicted molar refractivity (Wildman–Crippen MR) is 105 cm³/mol. The van der Waals surface area contributed by atoms with Gasteiger partial charge in [-0.05, 0) is 37.5 Å². The number of thioether (sulfide) groups is 1. The predicted octanol–water partition coefficient (Wildman–Crippen LogP) is 4.36. The summed E-state index contributed by atoms with van der Waals surface area (Å²) in [5, 5.41) is 13.9. The molecule has 0 aliphatic carbocycles. The van der Waals surface area contributed by atoms with Crippen molar-refractivity contribution in [3.05, 3.63) is 69.8 Å². The topological polar surface area (TPSA) is 81.5 Å². The number of hydrogen-bond donors (Lipinski definition) is 1. The fourth-order valence-corrected chi connectivity index (χ4v) is 4.12. The van der Waals surface area contributed by atoms with Crippen molar-refractivity contribution < 1.29 is 14.5 Å². The van der Waals surface area contributed by atoms with E-state index in [1.807, 2.05) is 25.1 Å². The third-order valence-corrected chi connectivity index (χ3v) is 5.71. The molecule has 2 aromatic rings. The molecular weight excluding hydrogens is 364 g/mol. The van der Waals surface area contributed by atoms with Gasteiger partial charge >= 0.3 is 0 Å². The van der Waals surface area contributed by atoms with Crippen molar-refractivity contribution >= 4 is 23.4 Å². The monoisotopic (exact) mass is 386 g/mol. The van der Waals surface area contributed by atoms with Crippen molar-refractivity contribution in [2.45, 2.75) is 36.8 Å². The molecule has 1 aliphatic rings. The summed E-state index contributed by atoms with van der Waals surface area (Å²) in [7, 11) is 0. The fraction of sp³-hybridized carbons (Fsp3) is 0.350. The maximum Gasteiger partial charge on any atom is 0.269 e. The zero-order chi connectivity index (χ0) is 19.2. The van der Waals surface area contributed by atoms with Crippen LogP contribution in [0.25, 0.3) is 0 Å². The molecule has 1 saturated heterocycles. The summed E-state index contributed by atoms with van der Waals surface area (Å²) in [6.07, 6.45) is 2.40. The molecule has 0 bridgehead atoms. The SMILES string of the molecule is CC(NC(=O)c1ccccc1SCC1CCCO1)c1cccc([N+](=O)[O-])c1. The van der Waals surface area contributed by atoms with Crippen molar-refractivity contribution in [1.29, 1.82) is 0 Å². The minimum Gasteiger partial charge on any atom is -0.377 e. The third-order valence-electron chi connectivity index (χ3n) is 4.51. The number of nitro benzene ring substituents is 1. The molecular formula is C20H22N2O4S. The summed E-state index contributed by atoms with van der Waals surface area (Å²) in [6.45, 7) is 2.63. The Hall–Kier alpha value is -2.38. The Labute approximate surface area is 162 Å². The van der Waals surface area contributed by atoms with Crippen molar-refractivity contribution in [2.75, 3.05) is 12.4 Å². The van der Waals surface area contributed by atoms with Crippen LogP contribution in [0, 0.1) is 10.1 Å². The van der Waals surface area contributed by atoms with Gasteiger partial charge in [-0.25, -0.2) is 0 Å². The standard InChI is InChI=1S/C20H22N2O4S/c1-14(15-6-4-7-16(12-15)22(24)25)21-20(23)18-9-2-3-10-19(18)27-13-17-8-5-11-26-17/h2-4,6-7,9-10,12,14,17H,5,8,11,13H2,1H3,(H,21,23). The molecule has 2 aromatic carbocycles. The van der Waals surface area contributed by atoms with Crippen molar-refractivity contribution in [2.24, 2.45) is 0 Å². The van der Waals surface area contributed by atoms with Gasteiger partial charge < -0.3 is 10.1 Å². The van der Waals surface area contributed by atoms with Gasteiger partial charge in [-0.1, -0.05) is 24.3 Å². The van der Waals surface area contributed by atoms with E-state index < -0.39 is 4.92 Å². The van der Waals surface area contributed by atoms with Gasteiger partial charge in [0.25, 0.3) is 11.6 Å². The zero-order valence-corrected chi connectivity index (χ0v) is 15.9. The number of carbonyl (C=O) groups is 1. The van der Waals surface area contributed by atoms with Crippen LogP contribution in [0.5, 0.6) is 0 Å². The first-order valence-electron chi connectivity index (χ1n) is 8.93. The molecule has 142 valence electrons. The van der Waals surface area contributed by atoms with Gasteiger partial charge in [0.15, 0.2) is 0 Å². The fourth-order valence-electron chi connectivity index (χ4n) is 3.00. The van der Waals surface area contributed by atoms with Gasteiger partial charge in [-0.15, -0.1) is 11.8 Å². The first kappa shape index (κ1) is 19.4. The highest BCUT2D eigenvalue weighted by Gasteiger charge is 2.19. The third kappa shape index (κ3) is 5.08. The van der Waals surface area contributed by atoms with E-state index in [0.29, 0.717) is 11.1 Å². The molecule has 1 N–H and O–H groups in total. The highest BCUT2D eigenvalue weighted by Crippen LogP contribution is 2.27. The summed E-state index contributed by atoms with van der Waals surface area (Å²) in [6, 6.07) is 13.5. The highest BCUT2D eigenvalue weighted by molar-refractivity contribution is 7.99. The van der Waals surface area contributed by atoms with Crippen molar-refractivity contribution in [3.63, 3.8) is 0 Å². The second-order valence-corrected chi connectivity index (χ2v) is 7.55. The van der Waals surface area contributed by atoms with E-state index in [-0.39, 0.29) is 23.7 Å². The smallest absolute Gasteiger partial charge is 0.269 e. The van der Waals surface area contributed by atoms with Crippen LogP contribution in [0.15, 0.2) is 53.4 Å². The maximum absolute atomic E-state index is 12.8. The molecule has 1 heterocycles. The summed E-state index contributed by atoms with van der Waals surface area (Å²) >= 11 is 1.63. The number of ether oxygens (including phenoxy) is 1. The second kappa shape index (κ2) is 9.01. The molecule has 0 spiro atoms. The number of nitrogens with zero attached hydrogens (tertiary/aromatic N) is 1. The minimum absolute atomic E-state index is 0.0149. The van der Waals surface area contributed by atoms with E-state index in [2.05, 4.69) is 5.32 Å². The number of benzene rings is 2. The first-order chi connectivity index (χ1) is 13.0. The van der Waals surface area contributed by atoms with E-state index in [1.165, 1.54) is 12.1 Å². The molecule has 2 unspecified atom stereocenters. The van der Waals surface area contributed by atoms with Gasteiger partial charge in [0.05, 0.1) is 22.6 Å². The van der Waals surface area contributed by atoms with Gasteiger partial charge in [0.2, 0.25) is 0 Å². The van der Waals surface area contributed by atoms with E-state index in [9.17, 15) is 14.9 Å². The Morgan fingerprint density at radius 1 is 1.33 bits per heavy atom. The van der Waals surface area contributed by atoms with Gasteiger partial charge in [0.1, 0.15) is 0 Å². The molecule has 6 nitrogen and oxygen atoms in total. The number of amides is 1. The molecule has 1 fully saturated rings. The Bertz CT molecular complexity index is 821. The molecule has 0 saturated carbocycles.